The van der Waals surface area contributed by atoms with E-state index in [4.69, 9.17) is 14.6 Å². The number of furan rings is 1. The quantitative estimate of drug-likeness (QED) is 0.485. The molecule has 4 rings (SSSR count). The summed E-state index contributed by atoms with van der Waals surface area (Å²) in [5, 5.41) is 12.4. The molecule has 2 N–H and O–H groups in total. The largest absolute Gasteiger partial charge is 0.464 e. The van der Waals surface area contributed by atoms with Crippen molar-refractivity contribution >= 4 is 38.1 Å². The summed E-state index contributed by atoms with van der Waals surface area (Å²) in [7, 11) is -1.75. The number of amides is 1. The van der Waals surface area contributed by atoms with E-state index in [-0.39, 0.29) is 29.2 Å². The number of carbonyl (C=O) groups excluding carboxylic acids is 1. The number of carbonyl (C=O) groups is 1. The molecule has 0 saturated carbocycles. The van der Waals surface area contributed by atoms with E-state index in [0.717, 1.165) is 24.5 Å². The maximum Gasteiger partial charge on any atom is 0.272 e. The lowest BCUT2D eigenvalue weighted by Crippen LogP contribution is -2.38. The van der Waals surface area contributed by atoms with Crippen LogP contribution in [0.1, 0.15) is 34.5 Å². The zero-order valence-corrected chi connectivity index (χ0v) is 19.3. The number of hydrogen-bond acceptors (Lipinski definition) is 8. The molecular formula is C23H26N4O5S. The Morgan fingerprint density at radius 3 is 2.88 bits per heavy atom. The first-order chi connectivity index (χ1) is 15.8. The van der Waals surface area contributed by atoms with Gasteiger partial charge in [-0.15, -0.1) is 0 Å². The van der Waals surface area contributed by atoms with Crippen LogP contribution < -0.4 is 5.32 Å². The van der Waals surface area contributed by atoms with Gasteiger partial charge in [-0.25, -0.2) is 8.42 Å². The first kappa shape index (κ1) is 22.9. The summed E-state index contributed by atoms with van der Waals surface area (Å²) in [6.45, 7) is 1.06. The summed E-state index contributed by atoms with van der Waals surface area (Å²) in [6.07, 6.45) is 5.78. The number of sulfone groups is 1. The van der Waals surface area contributed by atoms with Crippen LogP contribution in [0.5, 0.6) is 0 Å². The molecule has 1 aromatic carbocycles. The van der Waals surface area contributed by atoms with Crippen molar-refractivity contribution in [2.24, 2.45) is 0 Å². The Balaban J connectivity index is 1.71. The third-order valence-corrected chi connectivity index (χ3v) is 6.33. The smallest absolute Gasteiger partial charge is 0.272 e. The molecule has 0 aliphatic carbocycles. The fourth-order valence-corrected chi connectivity index (χ4v) is 4.48. The maximum atomic E-state index is 13.2. The Bertz CT molecular complexity index is 1300. The highest BCUT2D eigenvalue weighted by atomic mass is 32.2. The van der Waals surface area contributed by atoms with Gasteiger partial charge in [0.1, 0.15) is 23.4 Å². The average Bonchev–Trinajstić information content (AvgIpc) is 3.43. The monoisotopic (exact) mass is 470 g/mol. The van der Waals surface area contributed by atoms with Crippen LogP contribution >= 0.6 is 0 Å². The van der Waals surface area contributed by atoms with Crippen molar-refractivity contribution in [1.29, 1.82) is 5.41 Å². The number of nitrogens with one attached hydrogen (secondary N) is 2. The lowest BCUT2D eigenvalue weighted by atomic mass is 10.0. The number of ether oxygens (including phenoxy) is 1. The number of pyridine rings is 1. The molecular weight excluding hydrogens is 444 g/mol. The number of fused-ring (bicyclic) bond motifs is 1. The van der Waals surface area contributed by atoms with E-state index < -0.39 is 9.84 Å². The molecule has 10 heteroatoms. The van der Waals surface area contributed by atoms with Crippen LogP contribution in [0.4, 0.5) is 5.69 Å². The van der Waals surface area contributed by atoms with Crippen molar-refractivity contribution in [2.45, 2.75) is 18.9 Å². The van der Waals surface area contributed by atoms with Gasteiger partial charge in [0.15, 0.2) is 9.84 Å². The first-order valence-corrected chi connectivity index (χ1v) is 12.6. The van der Waals surface area contributed by atoms with Gasteiger partial charge >= 0.3 is 0 Å². The molecule has 0 spiro atoms. The molecule has 9 nitrogen and oxygen atoms in total. The van der Waals surface area contributed by atoms with Gasteiger partial charge in [0, 0.05) is 48.3 Å². The SMILES string of the molecule is COCC1CCCN1C(=O)c1cc(NCS(C)(=O)=O)c(C(=N)c2coc3ccccc23)cn1. The van der Waals surface area contributed by atoms with Gasteiger partial charge in [0.2, 0.25) is 0 Å². The van der Waals surface area contributed by atoms with E-state index >= 15 is 0 Å². The molecule has 1 aliphatic heterocycles. The Morgan fingerprint density at radius 1 is 1.33 bits per heavy atom. The van der Waals surface area contributed by atoms with Gasteiger partial charge in [0.25, 0.3) is 5.91 Å². The number of nitrogens with zero attached hydrogens (tertiary/aromatic N) is 2. The molecule has 1 fully saturated rings. The summed E-state index contributed by atoms with van der Waals surface area (Å²) < 4.78 is 34.4. The van der Waals surface area contributed by atoms with Gasteiger partial charge in [-0.05, 0) is 25.0 Å². The molecule has 0 radical (unpaired) electrons. The standard InChI is InChI=1S/C23H26N4O5S/c1-31-12-15-6-5-9-27(15)23(28)20-10-19(26-14-33(2,29)30)17(11-25-20)22(24)18-13-32-21-8-4-3-7-16(18)21/h3-4,7-8,10-11,13,15,24H,5-6,9,12,14H2,1-2H3,(H,25,26). The Kier molecular flexibility index (Phi) is 6.48. The number of para-hydroxylation sites is 1. The van der Waals surface area contributed by atoms with E-state index in [9.17, 15) is 13.2 Å². The van der Waals surface area contributed by atoms with Crippen LogP contribution in [-0.4, -0.2) is 68.4 Å². The Hall–Kier alpha value is -3.24. The van der Waals surface area contributed by atoms with Crippen LogP contribution in [-0.2, 0) is 14.6 Å². The zero-order chi connectivity index (χ0) is 23.6. The van der Waals surface area contributed by atoms with Gasteiger partial charge in [-0.3, -0.25) is 15.2 Å². The summed E-state index contributed by atoms with van der Waals surface area (Å²) in [5.41, 5.74) is 2.20. The normalized spacial score (nSPS) is 16.3. The van der Waals surface area contributed by atoms with Crippen molar-refractivity contribution in [2.75, 3.05) is 37.7 Å². The molecule has 174 valence electrons. The summed E-state index contributed by atoms with van der Waals surface area (Å²) in [5.74, 6) is -0.587. The molecule has 1 unspecified atom stereocenters. The molecule has 1 atom stereocenters. The predicted molar refractivity (Wildman–Crippen MR) is 126 cm³/mol. The van der Waals surface area contributed by atoms with Gasteiger partial charge in [0.05, 0.1) is 18.4 Å². The molecule has 3 heterocycles. The fraction of sp³-hybridized carbons (Fsp3) is 0.348. The van der Waals surface area contributed by atoms with Crippen LogP contribution in [0, 0.1) is 5.41 Å². The summed E-state index contributed by atoms with van der Waals surface area (Å²) in [4.78, 5) is 19.2. The minimum absolute atomic E-state index is 0.0213. The Morgan fingerprint density at radius 2 is 2.12 bits per heavy atom. The minimum Gasteiger partial charge on any atom is -0.464 e. The van der Waals surface area contributed by atoms with Crippen molar-refractivity contribution in [3.63, 3.8) is 0 Å². The maximum absolute atomic E-state index is 13.2. The second-order valence-electron chi connectivity index (χ2n) is 8.13. The second kappa shape index (κ2) is 9.32. The lowest BCUT2D eigenvalue weighted by Gasteiger charge is -2.24. The molecule has 0 bridgehead atoms. The number of rotatable bonds is 8. The molecule has 33 heavy (non-hydrogen) atoms. The number of methoxy groups -OCH3 is 1. The minimum atomic E-state index is -3.35. The average molecular weight is 471 g/mol. The predicted octanol–water partition coefficient (Wildman–Crippen LogP) is 2.91. The third kappa shape index (κ3) is 4.91. The second-order valence-corrected chi connectivity index (χ2v) is 10.3. The Labute approximate surface area is 192 Å². The molecule has 3 aromatic rings. The van der Waals surface area contributed by atoms with E-state index in [1.54, 1.807) is 18.1 Å². The van der Waals surface area contributed by atoms with E-state index in [1.807, 2.05) is 18.2 Å². The number of aromatic nitrogens is 1. The number of likely N-dealkylation sites (tertiary alicyclic amines) is 1. The van der Waals surface area contributed by atoms with Crippen LogP contribution in [0.2, 0.25) is 0 Å². The van der Waals surface area contributed by atoms with Gasteiger partial charge in [-0.1, -0.05) is 18.2 Å². The summed E-state index contributed by atoms with van der Waals surface area (Å²) in [6, 6.07) is 8.84. The van der Waals surface area contributed by atoms with E-state index in [1.165, 1.54) is 18.5 Å². The highest BCUT2D eigenvalue weighted by molar-refractivity contribution is 7.90. The third-order valence-electron chi connectivity index (χ3n) is 5.66. The lowest BCUT2D eigenvalue weighted by molar-refractivity contribution is 0.0625. The van der Waals surface area contributed by atoms with Crippen LogP contribution in [0.15, 0.2) is 47.2 Å². The van der Waals surface area contributed by atoms with E-state index in [0.29, 0.717) is 35.5 Å². The summed E-state index contributed by atoms with van der Waals surface area (Å²) >= 11 is 0. The van der Waals surface area contributed by atoms with Crippen molar-refractivity contribution in [3.8, 4) is 0 Å². The topological polar surface area (TPSA) is 126 Å². The van der Waals surface area contributed by atoms with Gasteiger partial charge < -0.3 is 19.4 Å². The van der Waals surface area contributed by atoms with Crippen LogP contribution in [0.3, 0.4) is 0 Å². The van der Waals surface area contributed by atoms with Crippen molar-refractivity contribution in [1.82, 2.24) is 9.88 Å². The van der Waals surface area contributed by atoms with Crippen molar-refractivity contribution in [3.05, 3.63) is 59.6 Å². The molecule has 2 aromatic heterocycles. The fourth-order valence-electron chi connectivity index (χ4n) is 4.06. The van der Waals surface area contributed by atoms with Crippen LogP contribution in [0.25, 0.3) is 11.0 Å². The number of anilines is 1. The molecule has 1 amide bonds. The van der Waals surface area contributed by atoms with Gasteiger partial charge in [-0.2, -0.15) is 0 Å². The van der Waals surface area contributed by atoms with Crippen molar-refractivity contribution < 1.29 is 22.4 Å². The first-order valence-electron chi connectivity index (χ1n) is 10.6. The highest BCUT2D eigenvalue weighted by Crippen LogP contribution is 2.27. The number of hydrogen-bond donors (Lipinski definition) is 2. The highest BCUT2D eigenvalue weighted by Gasteiger charge is 2.30. The number of benzene rings is 1. The molecule has 1 saturated heterocycles. The molecule has 1 aliphatic rings. The zero-order valence-electron chi connectivity index (χ0n) is 18.5. The van der Waals surface area contributed by atoms with E-state index in [2.05, 4.69) is 10.3 Å².